The molecule has 0 spiro atoms. The van der Waals surface area contributed by atoms with Crippen molar-refractivity contribution in [1.82, 2.24) is 15.1 Å². The van der Waals surface area contributed by atoms with E-state index in [1.54, 1.807) is 13.0 Å². The molecule has 2 heterocycles. The summed E-state index contributed by atoms with van der Waals surface area (Å²) in [5.41, 5.74) is -0.612. The highest BCUT2D eigenvalue weighted by atomic mass is 19.4. The number of aromatic nitrogens is 2. The van der Waals surface area contributed by atoms with Crippen molar-refractivity contribution in [2.75, 3.05) is 25.5 Å². The lowest BCUT2D eigenvalue weighted by molar-refractivity contribution is -0.138. The summed E-state index contributed by atoms with van der Waals surface area (Å²) in [5.74, 6) is -0.0559. The van der Waals surface area contributed by atoms with Crippen LogP contribution in [0.25, 0.3) is 11.3 Å². The molecule has 0 bridgehead atoms. The fourth-order valence-corrected chi connectivity index (χ4v) is 3.57. The molecule has 28 heavy (non-hydrogen) atoms. The monoisotopic (exact) mass is 396 g/mol. The van der Waals surface area contributed by atoms with Crippen molar-refractivity contribution in [3.05, 3.63) is 34.9 Å². The zero-order chi connectivity index (χ0) is 20.5. The van der Waals surface area contributed by atoms with Crippen molar-refractivity contribution in [3.8, 4) is 17.0 Å². The Hall–Kier alpha value is -2.39. The van der Waals surface area contributed by atoms with Gasteiger partial charge in [-0.15, -0.1) is 10.2 Å². The molecule has 0 radical (unpaired) electrons. The maximum absolute atomic E-state index is 13.1. The molecule has 1 saturated heterocycles. The molecule has 0 saturated carbocycles. The first-order chi connectivity index (χ1) is 13.2. The Balaban J connectivity index is 1.90. The average Bonchev–Trinajstić information content (AvgIpc) is 2.61. The van der Waals surface area contributed by atoms with Crippen LogP contribution in [0.2, 0.25) is 0 Å². The Morgan fingerprint density at radius 3 is 2.64 bits per heavy atom. The molecule has 3 rings (SSSR count). The lowest BCUT2D eigenvalue weighted by Gasteiger charge is -2.30. The summed E-state index contributed by atoms with van der Waals surface area (Å²) in [6.07, 6.45) is -2.57. The third-order valence-corrected chi connectivity index (χ3v) is 4.96. The molecular formula is C19H23F3N4O2. The van der Waals surface area contributed by atoms with Crippen LogP contribution in [0.3, 0.4) is 0 Å². The Morgan fingerprint density at radius 1 is 1.29 bits per heavy atom. The third kappa shape index (κ3) is 4.20. The second-order valence-corrected chi connectivity index (χ2v) is 7.15. The summed E-state index contributed by atoms with van der Waals surface area (Å²) >= 11 is 0. The molecule has 1 fully saturated rings. The van der Waals surface area contributed by atoms with Crippen molar-refractivity contribution in [2.24, 2.45) is 0 Å². The highest BCUT2D eigenvalue weighted by Gasteiger charge is 2.35. The van der Waals surface area contributed by atoms with Crippen LogP contribution >= 0.6 is 0 Å². The molecular weight excluding hydrogens is 373 g/mol. The molecule has 1 aromatic carbocycles. The first-order valence-electron chi connectivity index (χ1n) is 9.03. The Bertz CT molecular complexity index is 858. The van der Waals surface area contributed by atoms with Gasteiger partial charge in [0.1, 0.15) is 11.6 Å². The van der Waals surface area contributed by atoms with E-state index in [1.807, 2.05) is 0 Å². The number of likely N-dealkylation sites (N-methyl/N-ethyl adjacent to an activating group) is 1. The van der Waals surface area contributed by atoms with Crippen LogP contribution in [0.5, 0.6) is 5.75 Å². The van der Waals surface area contributed by atoms with Crippen LogP contribution in [0.15, 0.2) is 18.2 Å². The third-order valence-electron chi connectivity index (χ3n) is 4.96. The molecule has 9 heteroatoms. The number of hydrogen-bond donors (Lipinski definition) is 3. The zero-order valence-electron chi connectivity index (χ0n) is 15.7. The smallest absolute Gasteiger partial charge is 0.416 e. The van der Waals surface area contributed by atoms with Gasteiger partial charge in [0, 0.05) is 23.7 Å². The molecule has 0 aliphatic carbocycles. The SMILES string of the molecule is Cc1cc(N[C@@H]2CCCN(C)C2)nnc1-c1ccc(C(F)(F)F)c(CO)c1O. The Morgan fingerprint density at radius 2 is 2.04 bits per heavy atom. The Kier molecular flexibility index (Phi) is 5.76. The predicted molar refractivity (Wildman–Crippen MR) is 98.9 cm³/mol. The van der Waals surface area contributed by atoms with Gasteiger partial charge < -0.3 is 20.4 Å². The van der Waals surface area contributed by atoms with Crippen molar-refractivity contribution in [1.29, 1.82) is 0 Å². The lowest BCUT2D eigenvalue weighted by atomic mass is 9.98. The number of piperidine rings is 1. The minimum atomic E-state index is -4.67. The largest absolute Gasteiger partial charge is 0.507 e. The number of aliphatic hydroxyl groups excluding tert-OH is 1. The molecule has 1 aromatic heterocycles. The van der Waals surface area contributed by atoms with E-state index in [1.165, 1.54) is 0 Å². The normalized spacial score (nSPS) is 18.3. The number of nitrogens with one attached hydrogen (secondary N) is 1. The van der Waals surface area contributed by atoms with Crippen molar-refractivity contribution < 1.29 is 23.4 Å². The van der Waals surface area contributed by atoms with Crippen LogP contribution < -0.4 is 5.32 Å². The van der Waals surface area contributed by atoms with E-state index in [9.17, 15) is 23.4 Å². The van der Waals surface area contributed by atoms with E-state index in [0.717, 1.165) is 38.1 Å². The molecule has 6 nitrogen and oxygen atoms in total. The van der Waals surface area contributed by atoms with E-state index in [0.29, 0.717) is 11.4 Å². The van der Waals surface area contributed by atoms with E-state index in [2.05, 4.69) is 27.5 Å². The van der Waals surface area contributed by atoms with Gasteiger partial charge in [0.2, 0.25) is 0 Å². The zero-order valence-corrected chi connectivity index (χ0v) is 15.7. The minimum absolute atomic E-state index is 0.103. The van der Waals surface area contributed by atoms with Crippen molar-refractivity contribution in [3.63, 3.8) is 0 Å². The summed E-state index contributed by atoms with van der Waals surface area (Å²) < 4.78 is 39.2. The predicted octanol–water partition coefficient (Wildman–Crippen LogP) is 3.17. The molecule has 0 amide bonds. The number of likely N-dealkylation sites (tertiary alicyclic amines) is 1. The molecule has 1 aliphatic heterocycles. The maximum atomic E-state index is 13.1. The molecule has 1 atom stereocenters. The van der Waals surface area contributed by atoms with E-state index >= 15 is 0 Å². The topological polar surface area (TPSA) is 81.5 Å². The minimum Gasteiger partial charge on any atom is -0.507 e. The fourth-order valence-electron chi connectivity index (χ4n) is 3.57. The van der Waals surface area contributed by atoms with E-state index < -0.39 is 29.7 Å². The summed E-state index contributed by atoms with van der Waals surface area (Å²) in [7, 11) is 2.06. The van der Waals surface area contributed by atoms with Gasteiger partial charge in [-0.25, -0.2) is 0 Å². The number of phenols is 1. The Labute approximate surface area is 161 Å². The van der Waals surface area contributed by atoms with Crippen LogP contribution in [0, 0.1) is 6.92 Å². The summed E-state index contributed by atoms with van der Waals surface area (Å²) in [5, 5.41) is 31.2. The summed E-state index contributed by atoms with van der Waals surface area (Å²) in [6.45, 7) is 2.76. The number of anilines is 1. The summed E-state index contributed by atoms with van der Waals surface area (Å²) in [4.78, 5) is 2.23. The van der Waals surface area contributed by atoms with Crippen LogP contribution in [0.4, 0.5) is 19.0 Å². The first-order valence-corrected chi connectivity index (χ1v) is 9.03. The number of rotatable bonds is 4. The van der Waals surface area contributed by atoms with Crippen LogP contribution in [-0.4, -0.2) is 51.5 Å². The second-order valence-electron chi connectivity index (χ2n) is 7.15. The second kappa shape index (κ2) is 7.92. The standard InChI is InChI=1S/C19H23F3N4O2/c1-11-8-16(23-12-4-3-7-26(2)9-12)24-25-17(11)13-5-6-15(19(20,21)22)14(10-27)18(13)28/h5-6,8,12,27-28H,3-4,7,9-10H2,1-2H3,(H,23,24)/t12-/m1/s1. The number of aliphatic hydroxyl groups is 1. The van der Waals surface area contributed by atoms with Gasteiger partial charge in [0.05, 0.1) is 17.9 Å². The number of hydrogen-bond acceptors (Lipinski definition) is 6. The number of aromatic hydroxyl groups is 1. The number of alkyl halides is 3. The fraction of sp³-hybridized carbons (Fsp3) is 0.474. The molecule has 1 aliphatic rings. The van der Waals surface area contributed by atoms with Gasteiger partial charge in [-0.3, -0.25) is 0 Å². The van der Waals surface area contributed by atoms with Crippen LogP contribution in [0.1, 0.15) is 29.5 Å². The van der Waals surface area contributed by atoms with Crippen molar-refractivity contribution >= 4 is 5.82 Å². The van der Waals surface area contributed by atoms with Gasteiger partial charge in [-0.1, -0.05) is 0 Å². The van der Waals surface area contributed by atoms with E-state index in [-0.39, 0.29) is 17.3 Å². The number of benzene rings is 1. The molecule has 152 valence electrons. The first kappa shape index (κ1) is 20.3. The number of nitrogens with zero attached hydrogens (tertiary/aromatic N) is 3. The quantitative estimate of drug-likeness (QED) is 0.737. The van der Waals surface area contributed by atoms with Gasteiger partial charge in [0.25, 0.3) is 0 Å². The summed E-state index contributed by atoms with van der Waals surface area (Å²) in [6, 6.07) is 3.99. The van der Waals surface area contributed by atoms with Gasteiger partial charge in [-0.2, -0.15) is 13.2 Å². The highest BCUT2D eigenvalue weighted by Crippen LogP contribution is 2.41. The average molecular weight is 396 g/mol. The van der Waals surface area contributed by atoms with Gasteiger partial charge in [0.15, 0.2) is 0 Å². The molecule has 0 unspecified atom stereocenters. The highest BCUT2D eigenvalue weighted by molar-refractivity contribution is 5.72. The van der Waals surface area contributed by atoms with Crippen molar-refractivity contribution in [2.45, 2.75) is 38.6 Å². The van der Waals surface area contributed by atoms with Gasteiger partial charge in [-0.05, 0) is 57.1 Å². The van der Waals surface area contributed by atoms with Gasteiger partial charge >= 0.3 is 6.18 Å². The molecule has 3 N–H and O–H groups in total. The lowest BCUT2D eigenvalue weighted by Crippen LogP contribution is -2.39. The number of aryl methyl sites for hydroxylation is 1. The number of halogens is 3. The van der Waals surface area contributed by atoms with E-state index in [4.69, 9.17) is 0 Å². The maximum Gasteiger partial charge on any atom is 0.416 e. The molecule has 2 aromatic rings. The van der Waals surface area contributed by atoms with Crippen LogP contribution in [-0.2, 0) is 12.8 Å².